The highest BCUT2D eigenvalue weighted by atomic mass is 32.2. The van der Waals surface area contributed by atoms with Gasteiger partial charge in [0.15, 0.2) is 5.11 Å². The van der Waals surface area contributed by atoms with Crippen molar-refractivity contribution in [2.75, 3.05) is 12.8 Å². The van der Waals surface area contributed by atoms with Crippen molar-refractivity contribution >= 4 is 34.7 Å². The monoisotopic (exact) mass is 464 g/mol. The number of benzene rings is 2. The number of hydrogen-bond donors (Lipinski definition) is 1. The van der Waals surface area contributed by atoms with Crippen LogP contribution < -0.4 is 5.32 Å². The Balaban J connectivity index is 1.75. The molecule has 0 bridgehead atoms. The van der Waals surface area contributed by atoms with Gasteiger partial charge in [-0.2, -0.15) is 4.98 Å². The molecule has 7 heteroatoms. The first-order chi connectivity index (χ1) is 15.5. The maximum Gasteiger partial charge on any atom is 0.258 e. The van der Waals surface area contributed by atoms with Crippen LogP contribution in [0.3, 0.4) is 0 Å². The van der Waals surface area contributed by atoms with Crippen molar-refractivity contribution in [3.05, 3.63) is 71.7 Å². The largest absolute Gasteiger partial charge is 0.351 e. The van der Waals surface area contributed by atoms with Crippen LogP contribution in [0.4, 0.5) is 0 Å². The summed E-state index contributed by atoms with van der Waals surface area (Å²) < 4.78 is 5.81. The number of thioether (sulfide) groups is 1. The number of hydrogen-bond acceptors (Lipinski definition) is 5. The highest BCUT2D eigenvalue weighted by molar-refractivity contribution is 7.98. The molecule has 5 nitrogen and oxygen atoms in total. The minimum absolute atomic E-state index is 0.147. The number of nitrogens with one attached hydrogen (secondary N) is 1. The first-order valence-electron chi connectivity index (χ1n) is 10.8. The average molecular weight is 465 g/mol. The molecule has 2 heterocycles. The Kier molecular flexibility index (Phi) is 6.96. The maximum atomic E-state index is 5.81. The summed E-state index contributed by atoms with van der Waals surface area (Å²) in [7, 11) is 0. The van der Waals surface area contributed by atoms with Gasteiger partial charge in [-0.25, -0.2) is 0 Å². The first-order valence-corrected chi connectivity index (χ1v) is 12.4. The summed E-state index contributed by atoms with van der Waals surface area (Å²) in [6, 6.07) is 18.3. The Hall–Kier alpha value is -2.64. The van der Waals surface area contributed by atoms with E-state index in [1.165, 1.54) is 4.90 Å². The van der Waals surface area contributed by atoms with Crippen molar-refractivity contribution in [3.8, 4) is 11.4 Å². The number of nitrogens with zero attached hydrogens (tertiary/aromatic N) is 3. The van der Waals surface area contributed by atoms with Crippen LogP contribution in [0.1, 0.15) is 44.7 Å². The molecule has 3 aromatic rings. The predicted octanol–water partition coefficient (Wildman–Crippen LogP) is 6.17. The summed E-state index contributed by atoms with van der Waals surface area (Å²) in [5.41, 5.74) is 4.06. The van der Waals surface area contributed by atoms with E-state index in [0.29, 0.717) is 17.6 Å². The molecule has 0 saturated heterocycles. The van der Waals surface area contributed by atoms with E-state index in [-0.39, 0.29) is 6.04 Å². The summed E-state index contributed by atoms with van der Waals surface area (Å²) in [6.45, 7) is 7.38. The Morgan fingerprint density at radius 2 is 1.84 bits per heavy atom. The van der Waals surface area contributed by atoms with E-state index in [1.807, 2.05) is 30.3 Å². The van der Waals surface area contributed by atoms with Crippen molar-refractivity contribution in [1.82, 2.24) is 20.4 Å². The minimum atomic E-state index is -0.147. The lowest BCUT2D eigenvalue weighted by molar-refractivity contribution is 0.390. The third-order valence-electron chi connectivity index (χ3n) is 5.66. The maximum absolute atomic E-state index is 5.81. The number of allylic oxidation sites excluding steroid dienone is 1. The van der Waals surface area contributed by atoms with Crippen LogP contribution in [0.5, 0.6) is 0 Å². The fourth-order valence-electron chi connectivity index (χ4n) is 3.80. The molecular weight excluding hydrogens is 436 g/mol. The zero-order valence-corrected chi connectivity index (χ0v) is 20.5. The molecule has 32 heavy (non-hydrogen) atoms. The average Bonchev–Trinajstić information content (AvgIpc) is 3.28. The molecule has 0 amide bonds. The summed E-state index contributed by atoms with van der Waals surface area (Å²) in [5, 5.41) is 8.54. The van der Waals surface area contributed by atoms with E-state index in [0.717, 1.165) is 40.5 Å². The van der Waals surface area contributed by atoms with Crippen LogP contribution in [0.2, 0.25) is 0 Å². The first kappa shape index (κ1) is 22.6. The fraction of sp³-hybridized carbons (Fsp3) is 0.320. The normalized spacial score (nSPS) is 16.6. The summed E-state index contributed by atoms with van der Waals surface area (Å²) >= 11 is 7.46. The Labute approximate surface area is 199 Å². The van der Waals surface area contributed by atoms with Crippen LogP contribution in [0.15, 0.2) is 69.7 Å². The second-order valence-corrected chi connectivity index (χ2v) is 9.54. The van der Waals surface area contributed by atoms with Gasteiger partial charge in [0, 0.05) is 22.7 Å². The van der Waals surface area contributed by atoms with Gasteiger partial charge in [0.1, 0.15) is 0 Å². The van der Waals surface area contributed by atoms with E-state index in [4.69, 9.17) is 21.7 Å². The number of aromatic nitrogens is 2. The summed E-state index contributed by atoms with van der Waals surface area (Å²) in [4.78, 5) is 8.14. The summed E-state index contributed by atoms with van der Waals surface area (Å²) in [6.07, 6.45) is 3.10. The van der Waals surface area contributed by atoms with Crippen molar-refractivity contribution in [2.24, 2.45) is 5.92 Å². The summed E-state index contributed by atoms with van der Waals surface area (Å²) in [5.74, 6) is 1.69. The third kappa shape index (κ3) is 4.74. The molecule has 1 aliphatic rings. The molecule has 1 atom stereocenters. The molecular formula is C25H28N4OS2. The molecule has 0 saturated carbocycles. The quantitative estimate of drug-likeness (QED) is 0.332. The van der Waals surface area contributed by atoms with Gasteiger partial charge >= 0.3 is 0 Å². The van der Waals surface area contributed by atoms with E-state index < -0.39 is 0 Å². The molecule has 0 fully saturated rings. The topological polar surface area (TPSA) is 54.2 Å². The molecule has 0 aliphatic carbocycles. The minimum Gasteiger partial charge on any atom is -0.351 e. The van der Waals surface area contributed by atoms with Crippen LogP contribution in [-0.4, -0.2) is 33.0 Å². The second-order valence-electron chi connectivity index (χ2n) is 8.28. The zero-order chi connectivity index (χ0) is 22.7. The van der Waals surface area contributed by atoms with Crippen molar-refractivity contribution in [1.29, 1.82) is 0 Å². The highest BCUT2D eigenvalue weighted by Crippen LogP contribution is 2.37. The SMILES string of the molecule is CSc1ccc(-c2noc(C3=C(C)N(CCC(C)C)C(=S)NC3c3ccccc3)n2)cc1. The Morgan fingerprint density at radius 1 is 1.12 bits per heavy atom. The lowest BCUT2D eigenvalue weighted by atomic mass is 9.94. The lowest BCUT2D eigenvalue weighted by Gasteiger charge is -2.37. The Morgan fingerprint density at radius 3 is 2.50 bits per heavy atom. The van der Waals surface area contributed by atoms with Crippen molar-refractivity contribution < 1.29 is 4.52 Å². The molecule has 4 rings (SSSR count). The van der Waals surface area contributed by atoms with Crippen molar-refractivity contribution in [3.63, 3.8) is 0 Å². The van der Waals surface area contributed by atoms with E-state index >= 15 is 0 Å². The van der Waals surface area contributed by atoms with Crippen LogP contribution in [0, 0.1) is 5.92 Å². The van der Waals surface area contributed by atoms with Gasteiger partial charge in [0.05, 0.1) is 11.6 Å². The standard InChI is InChI=1S/C25H28N4OS2/c1-16(2)14-15-29-17(3)21(22(26-25(29)31)18-8-6-5-7-9-18)24-27-23(28-30-24)19-10-12-20(32-4)13-11-19/h5-13,16,22H,14-15H2,1-4H3,(H,26,31). The fourth-order valence-corrected chi connectivity index (χ4v) is 4.55. The van der Waals surface area contributed by atoms with Gasteiger partial charge in [0.2, 0.25) is 5.82 Å². The van der Waals surface area contributed by atoms with Crippen molar-refractivity contribution in [2.45, 2.75) is 38.1 Å². The molecule has 1 N–H and O–H groups in total. The molecule has 0 spiro atoms. The van der Waals surface area contributed by atoms with Gasteiger partial charge in [-0.05, 0) is 67.6 Å². The van der Waals surface area contributed by atoms with Gasteiger partial charge in [-0.1, -0.05) is 49.3 Å². The number of rotatable bonds is 7. The second kappa shape index (κ2) is 9.88. The van der Waals surface area contributed by atoms with Gasteiger partial charge in [0.25, 0.3) is 5.89 Å². The molecule has 1 aliphatic heterocycles. The van der Waals surface area contributed by atoms with E-state index in [2.05, 4.69) is 66.7 Å². The van der Waals surface area contributed by atoms with Crippen LogP contribution >= 0.6 is 24.0 Å². The third-order valence-corrected chi connectivity index (χ3v) is 6.75. The van der Waals surface area contributed by atoms with E-state index in [1.54, 1.807) is 11.8 Å². The number of thiocarbonyl (C=S) groups is 1. The van der Waals surface area contributed by atoms with E-state index in [9.17, 15) is 0 Å². The zero-order valence-electron chi connectivity index (χ0n) is 18.8. The van der Waals surface area contributed by atoms with Crippen LogP contribution in [0.25, 0.3) is 17.0 Å². The van der Waals surface area contributed by atoms with Gasteiger partial charge in [-0.15, -0.1) is 11.8 Å². The molecule has 166 valence electrons. The molecule has 2 aromatic carbocycles. The van der Waals surface area contributed by atoms with Gasteiger partial charge in [-0.3, -0.25) is 0 Å². The predicted molar refractivity (Wildman–Crippen MR) is 135 cm³/mol. The highest BCUT2D eigenvalue weighted by Gasteiger charge is 2.33. The lowest BCUT2D eigenvalue weighted by Crippen LogP contribution is -2.46. The van der Waals surface area contributed by atoms with Crippen LogP contribution in [-0.2, 0) is 0 Å². The molecule has 1 aromatic heterocycles. The molecule has 0 radical (unpaired) electrons. The van der Waals surface area contributed by atoms with Gasteiger partial charge < -0.3 is 14.7 Å². The Bertz CT molecular complexity index is 1110. The molecule has 1 unspecified atom stereocenters. The smallest absolute Gasteiger partial charge is 0.258 e.